The zero-order valence-corrected chi connectivity index (χ0v) is 18.7. The fraction of sp³-hybridized carbons (Fsp3) is 0.455. The largest absolute Gasteiger partial charge is 0.490 e. The Kier molecular flexibility index (Phi) is 7.85. The maximum atomic E-state index is 13.8. The van der Waals surface area contributed by atoms with Crippen molar-refractivity contribution < 1.29 is 65.8 Å². The van der Waals surface area contributed by atoms with Crippen LogP contribution in [-0.4, -0.2) is 63.8 Å². The molecule has 0 aromatic carbocycles. The van der Waals surface area contributed by atoms with E-state index in [1.807, 2.05) is 5.92 Å². The molecule has 0 radical (unpaired) electrons. The van der Waals surface area contributed by atoms with Crippen LogP contribution in [0, 0.1) is 22.9 Å². The molecule has 1 fully saturated rings. The third kappa shape index (κ3) is 6.26. The summed E-state index contributed by atoms with van der Waals surface area (Å²) in [6.45, 7) is -1.29. The van der Waals surface area contributed by atoms with E-state index in [0.717, 1.165) is 4.57 Å². The average Bonchev–Trinajstić information content (AvgIpc) is 2.85. The van der Waals surface area contributed by atoms with Gasteiger partial charge in [-0.2, -0.15) is 13.6 Å². The minimum Gasteiger partial charge on any atom is -0.386 e. The molecule has 0 bridgehead atoms. The van der Waals surface area contributed by atoms with Crippen molar-refractivity contribution in [1.29, 1.82) is 0 Å². The first-order valence-electron chi connectivity index (χ1n) is 7.76. The Morgan fingerprint density at radius 2 is 1.88 bits per heavy atom. The van der Waals surface area contributed by atoms with E-state index < -0.39 is 70.5 Å². The number of hydrogen-bond donors (Lipinski definition) is 7. The first kappa shape index (κ1) is 27.1. The van der Waals surface area contributed by atoms with Gasteiger partial charge in [-0.1, -0.05) is 5.92 Å². The van der Waals surface area contributed by atoms with Crippen LogP contribution in [0.3, 0.4) is 0 Å². The van der Waals surface area contributed by atoms with Crippen molar-refractivity contribution in [3.63, 3.8) is 0 Å². The lowest BCUT2D eigenvalue weighted by molar-refractivity contribution is -0.0916. The monoisotopic (exact) mass is 541 g/mol. The predicted octanol–water partition coefficient (Wildman–Crippen LogP) is -0.700. The molecule has 8 N–H and O–H groups in total. The van der Waals surface area contributed by atoms with Crippen LogP contribution < -0.4 is 5.73 Å². The van der Waals surface area contributed by atoms with Crippen molar-refractivity contribution in [3.05, 3.63) is 16.8 Å². The van der Waals surface area contributed by atoms with Crippen molar-refractivity contribution in [1.82, 2.24) is 9.55 Å². The summed E-state index contributed by atoms with van der Waals surface area (Å²) in [7, 11) is -17.1. The minimum atomic E-state index is -5.82. The van der Waals surface area contributed by atoms with Gasteiger partial charge in [0.1, 0.15) is 18.8 Å². The summed E-state index contributed by atoms with van der Waals surface area (Å²) >= 11 is 4.87. The van der Waals surface area contributed by atoms with Gasteiger partial charge in [0.05, 0.1) is 0 Å². The van der Waals surface area contributed by atoms with Crippen LogP contribution in [0.25, 0.3) is 0 Å². The van der Waals surface area contributed by atoms with E-state index in [2.05, 4.69) is 18.1 Å². The van der Waals surface area contributed by atoms with E-state index in [4.69, 9.17) is 43.8 Å². The normalized spacial score (nSPS) is 29.8. The minimum absolute atomic E-state index is 0.402. The van der Waals surface area contributed by atoms with E-state index >= 15 is 0 Å². The summed E-state index contributed by atoms with van der Waals surface area (Å²) in [5, 5.41) is 20.6. The number of aliphatic hydroxyl groups is 2. The SMILES string of the molecule is C#CC1(COP(=O)(O)OP(=O)(O)OP(=O)(O)O)OC(n2cc(F)c(N)nc2=S)C(O)C1O. The van der Waals surface area contributed by atoms with E-state index in [9.17, 15) is 33.2 Å². The molecule has 21 heteroatoms. The van der Waals surface area contributed by atoms with Crippen LogP contribution in [0.2, 0.25) is 0 Å². The number of rotatable bonds is 8. The highest BCUT2D eigenvalue weighted by atomic mass is 32.1. The number of nitrogens with two attached hydrogens (primary N) is 1. The van der Waals surface area contributed by atoms with Crippen LogP contribution in [0.4, 0.5) is 10.2 Å². The second-order valence-electron chi connectivity index (χ2n) is 6.01. The van der Waals surface area contributed by atoms with Crippen LogP contribution >= 0.6 is 35.7 Å². The molecule has 2 heterocycles. The average molecular weight is 541 g/mol. The number of halogens is 1. The smallest absolute Gasteiger partial charge is 0.386 e. The maximum Gasteiger partial charge on any atom is 0.490 e. The maximum absolute atomic E-state index is 13.8. The van der Waals surface area contributed by atoms with Gasteiger partial charge in [-0.15, -0.1) is 6.42 Å². The second kappa shape index (κ2) is 9.26. The first-order valence-corrected chi connectivity index (χ1v) is 12.7. The van der Waals surface area contributed by atoms with E-state index in [1.165, 1.54) is 0 Å². The molecule has 6 atom stereocenters. The van der Waals surface area contributed by atoms with Gasteiger partial charge in [-0.05, 0) is 12.2 Å². The third-order valence-electron chi connectivity index (χ3n) is 3.74. The Morgan fingerprint density at radius 1 is 1.28 bits per heavy atom. The van der Waals surface area contributed by atoms with Crippen molar-refractivity contribution in [2.75, 3.05) is 12.3 Å². The van der Waals surface area contributed by atoms with Crippen molar-refractivity contribution >= 4 is 41.5 Å². The van der Waals surface area contributed by atoms with Crippen LogP contribution in [0.5, 0.6) is 0 Å². The lowest BCUT2D eigenvalue weighted by atomic mass is 9.97. The van der Waals surface area contributed by atoms with Gasteiger partial charge in [-0.25, -0.2) is 18.1 Å². The highest BCUT2D eigenvalue weighted by Crippen LogP contribution is 2.66. The molecule has 1 aromatic rings. The quantitative estimate of drug-likeness (QED) is 0.122. The lowest BCUT2D eigenvalue weighted by Gasteiger charge is -2.27. The standard InChI is InChI=1S/C11H15FN3O13P3S/c1-2-11(4-25-30(21,22)28-31(23,24)27-29(18,19)20)7(17)6(16)9(26-11)15-3-5(12)8(13)14-10(15)32/h1,3,6-7,9,16-17H,4H2,(H,21,22)(H,23,24)(H2,13,14,32)(H2,18,19,20). The number of hydrogen-bond acceptors (Lipinski definition) is 12. The topological polar surface area (TPSA) is 253 Å². The van der Waals surface area contributed by atoms with Crippen LogP contribution in [-0.2, 0) is 31.6 Å². The highest BCUT2D eigenvalue weighted by Gasteiger charge is 2.56. The molecule has 32 heavy (non-hydrogen) atoms. The predicted molar refractivity (Wildman–Crippen MR) is 101 cm³/mol. The molecule has 16 nitrogen and oxygen atoms in total. The van der Waals surface area contributed by atoms with Gasteiger partial charge in [0.2, 0.25) is 4.77 Å². The summed E-state index contributed by atoms with van der Waals surface area (Å²) in [6.07, 6.45) is 0.279. The molecule has 0 amide bonds. The van der Waals surface area contributed by atoms with Gasteiger partial charge < -0.3 is 40.3 Å². The van der Waals surface area contributed by atoms with Crippen molar-refractivity contribution in [2.45, 2.75) is 24.0 Å². The molecule has 1 aliphatic rings. The fourth-order valence-corrected chi connectivity index (χ4v) is 5.71. The van der Waals surface area contributed by atoms with Crippen LogP contribution in [0.1, 0.15) is 6.23 Å². The van der Waals surface area contributed by atoms with Gasteiger partial charge in [0.15, 0.2) is 23.5 Å². The van der Waals surface area contributed by atoms with Crippen molar-refractivity contribution in [2.24, 2.45) is 0 Å². The number of aliphatic hydroxyl groups excluding tert-OH is 2. The highest BCUT2D eigenvalue weighted by molar-refractivity contribution is 7.71. The third-order valence-corrected chi connectivity index (χ3v) is 7.82. The summed E-state index contributed by atoms with van der Waals surface area (Å²) in [6, 6.07) is 0. The van der Waals surface area contributed by atoms with Gasteiger partial charge in [0.25, 0.3) is 0 Å². The van der Waals surface area contributed by atoms with Gasteiger partial charge in [-0.3, -0.25) is 9.09 Å². The molecule has 1 saturated heterocycles. The number of anilines is 1. The summed E-state index contributed by atoms with van der Waals surface area (Å²) in [5.74, 6) is 0.210. The first-order chi connectivity index (χ1) is 14.4. The molecule has 0 aliphatic carbocycles. The van der Waals surface area contributed by atoms with Gasteiger partial charge >= 0.3 is 23.5 Å². The second-order valence-corrected chi connectivity index (χ2v) is 10.8. The molecule has 1 aromatic heterocycles. The Balaban J connectivity index is 2.25. The summed E-state index contributed by atoms with van der Waals surface area (Å²) in [4.78, 5) is 39.2. The number of phosphoric ester groups is 1. The number of terminal acetylenes is 1. The fourth-order valence-electron chi connectivity index (χ4n) is 2.41. The number of aromatic nitrogens is 2. The lowest BCUT2D eigenvalue weighted by Crippen LogP contribution is -2.45. The Bertz CT molecular complexity index is 1140. The zero-order chi connectivity index (χ0) is 24.7. The van der Waals surface area contributed by atoms with Crippen molar-refractivity contribution in [3.8, 4) is 12.3 Å². The van der Waals surface area contributed by atoms with E-state index in [0.29, 0.717) is 6.20 Å². The Labute approximate surface area is 182 Å². The molecule has 1 aliphatic heterocycles. The molecule has 6 unspecified atom stereocenters. The molecule has 2 rings (SSSR count). The number of ether oxygens (including phenoxy) is 1. The molecule has 0 saturated carbocycles. The Hall–Kier alpha value is -1.12. The van der Waals surface area contributed by atoms with Crippen LogP contribution in [0.15, 0.2) is 6.20 Å². The number of nitrogen functional groups attached to an aromatic ring is 1. The summed E-state index contributed by atoms with van der Waals surface area (Å²) in [5.41, 5.74) is 2.84. The summed E-state index contributed by atoms with van der Waals surface area (Å²) < 4.78 is 64.7. The number of nitrogens with zero attached hydrogens (tertiary/aromatic N) is 2. The van der Waals surface area contributed by atoms with Gasteiger partial charge in [0, 0.05) is 6.20 Å². The molecule has 0 spiro atoms. The molecular formula is C11H15FN3O13P3S. The molecule has 180 valence electrons. The molecular weight excluding hydrogens is 526 g/mol. The zero-order valence-electron chi connectivity index (χ0n) is 15.2. The Morgan fingerprint density at radius 3 is 2.41 bits per heavy atom. The van der Waals surface area contributed by atoms with E-state index in [-0.39, 0.29) is 0 Å². The van der Waals surface area contributed by atoms with E-state index in [1.54, 1.807) is 0 Å². The number of phosphoric acid groups is 3.